The Kier molecular flexibility index (Phi) is 7.34. The molecule has 0 spiro atoms. The second-order valence-electron chi connectivity index (χ2n) is 13.3. The number of rotatable bonds is 5. The van der Waals surface area contributed by atoms with E-state index in [1.807, 2.05) is 133 Å². The van der Waals surface area contributed by atoms with Crippen molar-refractivity contribution in [3.05, 3.63) is 133 Å². The summed E-state index contributed by atoms with van der Waals surface area (Å²) in [6, 6.07) is 41.5. The van der Waals surface area contributed by atoms with E-state index in [1.165, 1.54) is 0 Å². The fourth-order valence-corrected chi connectivity index (χ4v) is 8.88. The van der Waals surface area contributed by atoms with Gasteiger partial charge < -0.3 is 35.2 Å². The molecule has 0 radical (unpaired) electrons. The van der Waals surface area contributed by atoms with Gasteiger partial charge in [0.05, 0.1) is 36.8 Å². The number of fused-ring (bicyclic) bond motifs is 6. The van der Waals surface area contributed by atoms with E-state index in [2.05, 4.69) is 0 Å². The van der Waals surface area contributed by atoms with Crippen molar-refractivity contribution in [3.63, 3.8) is 0 Å². The van der Waals surface area contributed by atoms with Gasteiger partial charge in [-0.2, -0.15) is 0 Å². The minimum absolute atomic E-state index is 0.00772. The normalized spacial score (nSPS) is 11.6. The van der Waals surface area contributed by atoms with Gasteiger partial charge in [0.15, 0.2) is 46.2 Å². The number of hydrogen-bond donors (Lipinski definition) is 6. The minimum Gasteiger partial charge on any atom is -0.505 e. The summed E-state index contributed by atoms with van der Waals surface area (Å²) >= 11 is 0.881. The molecule has 3 aromatic heterocycles. The van der Waals surface area contributed by atoms with Crippen molar-refractivity contribution in [2.75, 3.05) is 0 Å². The molecule has 0 aliphatic rings. The van der Waals surface area contributed by atoms with E-state index in [-0.39, 0.29) is 48.9 Å². The lowest BCUT2D eigenvalue weighted by Gasteiger charge is -2.15. The third kappa shape index (κ3) is 4.78. The number of benzene rings is 7. The van der Waals surface area contributed by atoms with Crippen LogP contribution < -0.4 is 0 Å². The SMILES string of the molecule is Oc1c(-n2c3ccccc3c3c(-c4ccccc4)cccc32)c(O)c2c(sc3c(-c4nc(-c5ccccc5)nc(-c5ccccc5)n4)c(O)c(O)c(O)c32)c1O. The number of phenols is 6. The number of aromatic hydroxyl groups is 6. The van der Waals surface area contributed by atoms with Crippen molar-refractivity contribution in [2.45, 2.75) is 0 Å². The van der Waals surface area contributed by atoms with Gasteiger partial charge in [-0.3, -0.25) is 0 Å². The third-order valence-electron chi connectivity index (χ3n) is 10.1. The second-order valence-corrected chi connectivity index (χ2v) is 14.3. The highest BCUT2D eigenvalue weighted by Gasteiger charge is 2.32. The van der Waals surface area contributed by atoms with Crippen LogP contribution in [-0.2, 0) is 0 Å². The lowest BCUT2D eigenvalue weighted by Crippen LogP contribution is -2.00. The van der Waals surface area contributed by atoms with Crippen LogP contribution in [0.2, 0.25) is 0 Å². The predicted molar refractivity (Wildman–Crippen MR) is 219 cm³/mol. The van der Waals surface area contributed by atoms with Crippen molar-refractivity contribution in [1.82, 2.24) is 19.5 Å². The van der Waals surface area contributed by atoms with E-state index >= 15 is 0 Å². The highest BCUT2D eigenvalue weighted by Crippen LogP contribution is 2.60. The maximum Gasteiger partial charge on any atom is 0.201 e. The molecule has 6 N–H and O–H groups in total. The Bertz CT molecular complexity index is 3140. The monoisotopic (exact) mass is 752 g/mol. The quantitative estimate of drug-likeness (QED) is 0.0741. The molecule has 0 fully saturated rings. The van der Waals surface area contributed by atoms with Crippen LogP contribution >= 0.6 is 11.3 Å². The fourth-order valence-electron chi connectivity index (χ4n) is 7.59. The van der Waals surface area contributed by atoms with Gasteiger partial charge >= 0.3 is 0 Å². The fraction of sp³-hybridized carbons (Fsp3) is 0. The summed E-state index contributed by atoms with van der Waals surface area (Å²) in [5.74, 6) is -3.49. The van der Waals surface area contributed by atoms with Crippen molar-refractivity contribution < 1.29 is 30.6 Å². The Morgan fingerprint density at radius 2 is 0.929 bits per heavy atom. The van der Waals surface area contributed by atoms with Gasteiger partial charge in [0.25, 0.3) is 0 Å². The van der Waals surface area contributed by atoms with Crippen LogP contribution in [0.15, 0.2) is 133 Å². The standard InChI is InChI=1S/C45H28N4O6S/c50-35-31-32-36(51)39(54)37(52)33(45-47-43(24-15-6-2-7-16-24)46-44(48-45)25-17-8-3-9-18-25)41(32)56-42(31)40(55)38(53)34(35)49-28-21-11-10-19-27(28)30-26(20-12-22-29(30)49)23-13-4-1-5-14-23/h1-22,50-55H. The maximum absolute atomic E-state index is 12.4. The number of thiophene rings is 1. The first-order valence-electron chi connectivity index (χ1n) is 17.6. The minimum atomic E-state index is -0.881. The molecular weight excluding hydrogens is 725 g/mol. The van der Waals surface area contributed by atoms with Gasteiger partial charge in [0, 0.05) is 21.9 Å². The van der Waals surface area contributed by atoms with E-state index in [9.17, 15) is 30.6 Å². The molecule has 7 aromatic carbocycles. The van der Waals surface area contributed by atoms with Gasteiger partial charge in [0.1, 0.15) is 5.69 Å². The first-order valence-corrected chi connectivity index (χ1v) is 18.4. The van der Waals surface area contributed by atoms with Crippen LogP contribution in [0.4, 0.5) is 0 Å². The Balaban J connectivity index is 1.30. The summed E-state index contributed by atoms with van der Waals surface area (Å²) in [4.78, 5) is 14.2. The highest BCUT2D eigenvalue weighted by molar-refractivity contribution is 7.27. The molecule has 0 atom stereocenters. The van der Waals surface area contributed by atoms with Crippen LogP contribution in [0, 0.1) is 0 Å². The molecule has 11 heteroatoms. The van der Waals surface area contributed by atoms with E-state index in [0.717, 1.165) is 33.2 Å². The largest absolute Gasteiger partial charge is 0.505 e. The molecule has 0 unspecified atom stereocenters. The summed E-state index contributed by atoms with van der Waals surface area (Å²) in [5, 5.41) is 72.0. The first kappa shape index (κ1) is 33.0. The number of nitrogens with zero attached hydrogens (tertiary/aromatic N) is 4. The number of aromatic nitrogens is 4. The number of para-hydroxylation sites is 1. The molecule has 10 aromatic rings. The summed E-state index contributed by atoms with van der Waals surface area (Å²) < 4.78 is 1.80. The molecule has 3 heterocycles. The van der Waals surface area contributed by atoms with Crippen molar-refractivity contribution in [2.24, 2.45) is 0 Å². The van der Waals surface area contributed by atoms with Crippen LogP contribution in [0.25, 0.3) is 93.0 Å². The van der Waals surface area contributed by atoms with Crippen molar-refractivity contribution in [3.8, 4) is 85.5 Å². The molecule has 10 rings (SSSR count). The zero-order valence-electron chi connectivity index (χ0n) is 29.1. The zero-order valence-corrected chi connectivity index (χ0v) is 29.9. The third-order valence-corrected chi connectivity index (χ3v) is 11.3. The Hall–Kier alpha value is -7.63. The molecule has 10 nitrogen and oxygen atoms in total. The lowest BCUT2D eigenvalue weighted by molar-refractivity contribution is 0.372. The van der Waals surface area contributed by atoms with Crippen LogP contribution in [-0.4, -0.2) is 50.2 Å². The van der Waals surface area contributed by atoms with Gasteiger partial charge in [-0.25, -0.2) is 15.0 Å². The predicted octanol–water partition coefficient (Wildman–Crippen LogP) is 10.2. The van der Waals surface area contributed by atoms with E-state index in [1.54, 1.807) is 4.57 Å². The first-order chi connectivity index (χ1) is 27.3. The summed E-state index contributed by atoms with van der Waals surface area (Å²) in [6.07, 6.45) is 0. The van der Waals surface area contributed by atoms with Crippen LogP contribution in [0.1, 0.15) is 0 Å². The summed E-state index contributed by atoms with van der Waals surface area (Å²) in [7, 11) is 0. The molecule has 0 aliphatic carbocycles. The van der Waals surface area contributed by atoms with Gasteiger partial charge in [-0.15, -0.1) is 11.3 Å². The number of hydrogen-bond acceptors (Lipinski definition) is 10. The molecular formula is C45H28N4O6S. The average Bonchev–Trinajstić information content (AvgIpc) is 3.80. The van der Waals surface area contributed by atoms with E-state index in [0.29, 0.717) is 22.2 Å². The smallest absolute Gasteiger partial charge is 0.201 e. The van der Waals surface area contributed by atoms with Gasteiger partial charge in [-0.05, 0) is 23.3 Å². The molecule has 0 aliphatic heterocycles. The summed E-state index contributed by atoms with van der Waals surface area (Å²) in [6.45, 7) is 0. The highest BCUT2D eigenvalue weighted by atomic mass is 32.1. The van der Waals surface area contributed by atoms with Crippen LogP contribution in [0.3, 0.4) is 0 Å². The number of phenolic OH excluding ortho intramolecular Hbond substituents is 6. The van der Waals surface area contributed by atoms with Gasteiger partial charge in [0.2, 0.25) is 5.75 Å². The molecule has 270 valence electrons. The average molecular weight is 753 g/mol. The Morgan fingerprint density at radius 1 is 0.393 bits per heavy atom. The zero-order chi connectivity index (χ0) is 38.2. The molecule has 0 saturated carbocycles. The second kappa shape index (κ2) is 12.5. The topological polar surface area (TPSA) is 165 Å². The maximum atomic E-state index is 12.4. The Labute approximate surface area is 321 Å². The van der Waals surface area contributed by atoms with E-state index in [4.69, 9.17) is 15.0 Å². The lowest BCUT2D eigenvalue weighted by atomic mass is 9.99. The van der Waals surface area contributed by atoms with E-state index < -0.39 is 34.5 Å². The molecule has 0 saturated heterocycles. The van der Waals surface area contributed by atoms with Crippen molar-refractivity contribution >= 4 is 53.3 Å². The Morgan fingerprint density at radius 3 is 1.57 bits per heavy atom. The van der Waals surface area contributed by atoms with Crippen molar-refractivity contribution in [1.29, 1.82) is 0 Å². The summed E-state index contributed by atoms with van der Waals surface area (Å²) in [5.41, 5.74) is 4.27. The molecule has 0 amide bonds. The molecule has 56 heavy (non-hydrogen) atoms. The van der Waals surface area contributed by atoms with Gasteiger partial charge in [-0.1, -0.05) is 121 Å². The van der Waals surface area contributed by atoms with Crippen LogP contribution in [0.5, 0.6) is 34.5 Å². The molecule has 0 bridgehead atoms.